The van der Waals surface area contributed by atoms with Crippen molar-refractivity contribution in [2.24, 2.45) is 0 Å². The summed E-state index contributed by atoms with van der Waals surface area (Å²) in [7, 11) is 1.93. The van der Waals surface area contributed by atoms with Crippen molar-refractivity contribution in [3.63, 3.8) is 0 Å². The zero-order valence-electron chi connectivity index (χ0n) is 10.6. The molecule has 3 nitrogen and oxygen atoms in total. The van der Waals surface area contributed by atoms with E-state index >= 15 is 0 Å². The third-order valence-corrected chi connectivity index (χ3v) is 3.53. The number of rotatable bonds is 4. The van der Waals surface area contributed by atoms with E-state index < -0.39 is 0 Å². The molecule has 0 aliphatic carbocycles. The Labute approximate surface area is 123 Å². The maximum absolute atomic E-state index is 6.13. The Bertz CT molecular complexity index is 542. The van der Waals surface area contributed by atoms with Crippen LogP contribution in [-0.2, 0) is 13.1 Å². The van der Waals surface area contributed by atoms with Gasteiger partial charge in [-0.3, -0.25) is 0 Å². The van der Waals surface area contributed by atoms with Crippen LogP contribution in [0.15, 0.2) is 47.1 Å². The SMILES string of the molecule is CN(Cc1ccccc1Cl)C(=S)NCc1ccco1. The molecule has 0 aliphatic rings. The van der Waals surface area contributed by atoms with Gasteiger partial charge in [0.25, 0.3) is 0 Å². The molecule has 1 N–H and O–H groups in total. The molecular weight excluding hydrogens is 280 g/mol. The first-order valence-corrected chi connectivity index (χ1v) is 6.70. The molecule has 0 bridgehead atoms. The van der Waals surface area contributed by atoms with Gasteiger partial charge in [0.15, 0.2) is 5.11 Å². The van der Waals surface area contributed by atoms with Crippen molar-refractivity contribution in [3.8, 4) is 0 Å². The lowest BCUT2D eigenvalue weighted by Gasteiger charge is -2.21. The lowest BCUT2D eigenvalue weighted by Crippen LogP contribution is -2.36. The molecule has 0 amide bonds. The fraction of sp³-hybridized carbons (Fsp3) is 0.214. The van der Waals surface area contributed by atoms with Crippen LogP contribution < -0.4 is 5.32 Å². The summed E-state index contributed by atoms with van der Waals surface area (Å²) >= 11 is 11.4. The number of benzene rings is 1. The fourth-order valence-corrected chi connectivity index (χ4v) is 2.00. The van der Waals surface area contributed by atoms with Crippen molar-refractivity contribution >= 4 is 28.9 Å². The summed E-state index contributed by atoms with van der Waals surface area (Å²) in [4.78, 5) is 1.94. The molecule has 2 rings (SSSR count). The second-order valence-corrected chi connectivity index (χ2v) is 4.98. The largest absolute Gasteiger partial charge is 0.467 e. The molecule has 0 fully saturated rings. The van der Waals surface area contributed by atoms with Crippen LogP contribution in [0, 0.1) is 0 Å². The summed E-state index contributed by atoms with van der Waals surface area (Å²) in [6.07, 6.45) is 1.65. The fourth-order valence-electron chi connectivity index (χ4n) is 1.66. The van der Waals surface area contributed by atoms with Gasteiger partial charge >= 0.3 is 0 Å². The molecule has 1 aromatic heterocycles. The monoisotopic (exact) mass is 294 g/mol. The first-order valence-electron chi connectivity index (χ1n) is 5.91. The summed E-state index contributed by atoms with van der Waals surface area (Å²) in [5.74, 6) is 0.855. The minimum absolute atomic E-state index is 0.582. The molecular formula is C14H15ClN2OS. The zero-order valence-corrected chi connectivity index (χ0v) is 12.2. The molecule has 0 radical (unpaired) electrons. The van der Waals surface area contributed by atoms with Crippen LogP contribution in [0.2, 0.25) is 5.02 Å². The van der Waals surface area contributed by atoms with Crippen molar-refractivity contribution < 1.29 is 4.42 Å². The Morgan fingerprint density at radius 2 is 2.11 bits per heavy atom. The summed E-state index contributed by atoms with van der Waals surface area (Å²) in [5.41, 5.74) is 1.05. The Morgan fingerprint density at radius 1 is 1.32 bits per heavy atom. The molecule has 100 valence electrons. The van der Waals surface area contributed by atoms with Gasteiger partial charge in [-0.15, -0.1) is 0 Å². The van der Waals surface area contributed by atoms with Crippen LogP contribution in [0.1, 0.15) is 11.3 Å². The second kappa shape index (κ2) is 6.59. The van der Waals surface area contributed by atoms with E-state index in [2.05, 4.69) is 5.32 Å². The highest BCUT2D eigenvalue weighted by molar-refractivity contribution is 7.80. The third kappa shape index (κ3) is 3.98. The van der Waals surface area contributed by atoms with E-state index in [1.807, 2.05) is 48.3 Å². The maximum atomic E-state index is 6.13. The highest BCUT2D eigenvalue weighted by atomic mass is 35.5. The Kier molecular flexibility index (Phi) is 4.82. The number of thiocarbonyl (C=S) groups is 1. The van der Waals surface area contributed by atoms with Gasteiger partial charge in [-0.05, 0) is 36.0 Å². The van der Waals surface area contributed by atoms with Crippen LogP contribution in [0.25, 0.3) is 0 Å². The number of nitrogens with one attached hydrogen (secondary N) is 1. The molecule has 19 heavy (non-hydrogen) atoms. The van der Waals surface area contributed by atoms with E-state index in [4.69, 9.17) is 28.2 Å². The van der Waals surface area contributed by atoms with Gasteiger partial charge in [0, 0.05) is 18.6 Å². The highest BCUT2D eigenvalue weighted by Gasteiger charge is 2.07. The topological polar surface area (TPSA) is 28.4 Å². The first kappa shape index (κ1) is 13.9. The third-order valence-electron chi connectivity index (χ3n) is 2.71. The minimum Gasteiger partial charge on any atom is -0.467 e. The van der Waals surface area contributed by atoms with E-state index in [1.54, 1.807) is 6.26 Å². The van der Waals surface area contributed by atoms with Gasteiger partial charge in [0.2, 0.25) is 0 Å². The van der Waals surface area contributed by atoms with Crippen LogP contribution in [-0.4, -0.2) is 17.1 Å². The summed E-state index contributed by atoms with van der Waals surface area (Å²) < 4.78 is 5.24. The van der Waals surface area contributed by atoms with Crippen molar-refractivity contribution in [2.75, 3.05) is 7.05 Å². The predicted molar refractivity (Wildman–Crippen MR) is 81.1 cm³/mol. The van der Waals surface area contributed by atoms with Gasteiger partial charge in [0.05, 0.1) is 12.8 Å². The predicted octanol–water partition coefficient (Wildman–Crippen LogP) is 3.44. The molecule has 0 atom stereocenters. The van der Waals surface area contributed by atoms with Gasteiger partial charge < -0.3 is 14.6 Å². The molecule has 1 heterocycles. The number of halogens is 1. The van der Waals surface area contributed by atoms with Crippen LogP contribution in [0.3, 0.4) is 0 Å². The molecule has 0 unspecified atom stereocenters. The molecule has 1 aromatic carbocycles. The quantitative estimate of drug-likeness (QED) is 0.875. The number of hydrogen-bond acceptors (Lipinski definition) is 2. The molecule has 0 saturated heterocycles. The van der Waals surface area contributed by atoms with E-state index in [0.29, 0.717) is 18.2 Å². The van der Waals surface area contributed by atoms with Crippen LogP contribution in [0.4, 0.5) is 0 Å². The normalized spacial score (nSPS) is 10.2. The number of furan rings is 1. The lowest BCUT2D eigenvalue weighted by atomic mass is 10.2. The van der Waals surface area contributed by atoms with Gasteiger partial charge in [-0.2, -0.15) is 0 Å². The summed E-state index contributed by atoms with van der Waals surface area (Å²) in [6.45, 7) is 1.25. The van der Waals surface area contributed by atoms with Crippen LogP contribution >= 0.6 is 23.8 Å². The van der Waals surface area contributed by atoms with Crippen molar-refractivity contribution in [1.82, 2.24) is 10.2 Å². The standard InChI is InChI=1S/C14H15ClN2OS/c1-17(10-11-5-2-3-7-13(11)15)14(19)16-9-12-6-4-8-18-12/h2-8H,9-10H2,1H3,(H,16,19). The van der Waals surface area contributed by atoms with Gasteiger partial charge in [-0.1, -0.05) is 29.8 Å². The number of nitrogens with zero attached hydrogens (tertiary/aromatic N) is 1. The Balaban J connectivity index is 1.87. The summed E-state index contributed by atoms with van der Waals surface area (Å²) in [5, 5.41) is 4.56. The average Bonchev–Trinajstić information content (AvgIpc) is 2.91. The van der Waals surface area contributed by atoms with Crippen molar-refractivity contribution in [2.45, 2.75) is 13.1 Å². The van der Waals surface area contributed by atoms with Crippen LogP contribution in [0.5, 0.6) is 0 Å². The van der Waals surface area contributed by atoms with Gasteiger partial charge in [-0.25, -0.2) is 0 Å². The van der Waals surface area contributed by atoms with Crippen molar-refractivity contribution in [3.05, 3.63) is 59.0 Å². The molecule has 0 aliphatic heterocycles. The second-order valence-electron chi connectivity index (χ2n) is 4.19. The number of hydrogen-bond donors (Lipinski definition) is 1. The van der Waals surface area contributed by atoms with E-state index in [0.717, 1.165) is 16.3 Å². The highest BCUT2D eigenvalue weighted by Crippen LogP contribution is 2.16. The smallest absolute Gasteiger partial charge is 0.169 e. The Morgan fingerprint density at radius 3 is 2.79 bits per heavy atom. The van der Waals surface area contributed by atoms with E-state index in [-0.39, 0.29) is 0 Å². The summed E-state index contributed by atoms with van der Waals surface area (Å²) in [6, 6.07) is 11.5. The maximum Gasteiger partial charge on any atom is 0.169 e. The van der Waals surface area contributed by atoms with Gasteiger partial charge in [0.1, 0.15) is 5.76 Å². The molecule has 0 saturated carbocycles. The molecule has 5 heteroatoms. The first-order chi connectivity index (χ1) is 9.16. The lowest BCUT2D eigenvalue weighted by molar-refractivity contribution is 0.469. The van der Waals surface area contributed by atoms with E-state index in [1.165, 1.54) is 0 Å². The molecule has 0 spiro atoms. The van der Waals surface area contributed by atoms with Crippen molar-refractivity contribution in [1.29, 1.82) is 0 Å². The van der Waals surface area contributed by atoms with E-state index in [9.17, 15) is 0 Å². The zero-order chi connectivity index (χ0) is 13.7. The Hall–Kier alpha value is -1.52. The minimum atomic E-state index is 0.582. The molecule has 2 aromatic rings. The average molecular weight is 295 g/mol.